The molecule has 1 aliphatic heterocycles. The summed E-state index contributed by atoms with van der Waals surface area (Å²) in [5.74, 6) is -0.207. The Bertz CT molecular complexity index is 736. The number of hydrogen-bond acceptors (Lipinski definition) is 6. The SMILES string of the molecule is O=C(CN1C(=O)CCC1=O)NC[C@@H](O)c1ccc(-c2ccsc2)o1. The Balaban J connectivity index is 1.52. The lowest BCUT2D eigenvalue weighted by Crippen LogP contribution is -2.41. The third kappa shape index (κ3) is 3.55. The van der Waals surface area contributed by atoms with E-state index in [0.29, 0.717) is 11.5 Å². The van der Waals surface area contributed by atoms with Gasteiger partial charge in [0.25, 0.3) is 0 Å². The smallest absolute Gasteiger partial charge is 0.240 e. The molecule has 0 radical (unpaired) electrons. The Labute approximate surface area is 141 Å². The lowest BCUT2D eigenvalue weighted by atomic mass is 10.2. The summed E-state index contributed by atoms with van der Waals surface area (Å²) in [7, 11) is 0. The van der Waals surface area contributed by atoms with Crippen LogP contribution in [0.25, 0.3) is 11.3 Å². The molecule has 126 valence electrons. The maximum atomic E-state index is 11.8. The highest BCUT2D eigenvalue weighted by atomic mass is 32.1. The average molecular weight is 348 g/mol. The Morgan fingerprint density at radius 3 is 2.71 bits per heavy atom. The summed E-state index contributed by atoms with van der Waals surface area (Å²) in [5, 5.41) is 16.4. The molecule has 0 bridgehead atoms. The molecular weight excluding hydrogens is 332 g/mol. The molecule has 0 aromatic carbocycles. The highest BCUT2D eigenvalue weighted by Gasteiger charge is 2.30. The number of amides is 3. The Morgan fingerprint density at radius 2 is 2.04 bits per heavy atom. The van der Waals surface area contributed by atoms with Crippen LogP contribution in [0.1, 0.15) is 24.7 Å². The molecule has 24 heavy (non-hydrogen) atoms. The zero-order valence-electron chi connectivity index (χ0n) is 12.7. The van der Waals surface area contributed by atoms with Gasteiger partial charge in [0.15, 0.2) is 0 Å². The third-order valence-corrected chi connectivity index (χ3v) is 4.39. The second-order valence-corrected chi connectivity index (χ2v) is 6.19. The van der Waals surface area contributed by atoms with Crippen molar-refractivity contribution in [3.05, 3.63) is 34.7 Å². The zero-order valence-corrected chi connectivity index (χ0v) is 13.5. The molecule has 1 saturated heterocycles. The van der Waals surface area contributed by atoms with Crippen molar-refractivity contribution < 1.29 is 23.9 Å². The van der Waals surface area contributed by atoms with E-state index in [1.165, 1.54) is 0 Å². The number of nitrogens with zero attached hydrogens (tertiary/aromatic N) is 1. The Kier molecular flexibility index (Phi) is 4.77. The minimum atomic E-state index is -1.01. The molecule has 3 rings (SSSR count). The number of carbonyl (C=O) groups is 3. The van der Waals surface area contributed by atoms with Crippen molar-refractivity contribution in [3.63, 3.8) is 0 Å². The van der Waals surface area contributed by atoms with Crippen LogP contribution in [-0.2, 0) is 14.4 Å². The standard InChI is InChI=1S/C16H16N2O5S/c19-11(13-2-1-12(23-13)10-5-6-24-9-10)7-17-14(20)8-18-15(21)3-4-16(18)22/h1-2,5-6,9,11,19H,3-4,7-8H2,(H,17,20)/t11-/m1/s1. The number of rotatable bonds is 6. The van der Waals surface area contributed by atoms with Crippen molar-refractivity contribution in [1.82, 2.24) is 10.2 Å². The number of likely N-dealkylation sites (tertiary alicyclic amines) is 1. The monoisotopic (exact) mass is 348 g/mol. The van der Waals surface area contributed by atoms with Crippen LogP contribution in [0.4, 0.5) is 0 Å². The first kappa shape index (κ1) is 16.4. The van der Waals surface area contributed by atoms with Crippen molar-refractivity contribution in [2.75, 3.05) is 13.1 Å². The molecule has 2 aromatic rings. The van der Waals surface area contributed by atoms with Crippen LogP contribution in [0.2, 0.25) is 0 Å². The van der Waals surface area contributed by atoms with Crippen LogP contribution < -0.4 is 5.32 Å². The van der Waals surface area contributed by atoms with Gasteiger partial charge in [-0.1, -0.05) is 0 Å². The van der Waals surface area contributed by atoms with Crippen molar-refractivity contribution in [2.24, 2.45) is 0 Å². The van der Waals surface area contributed by atoms with Crippen molar-refractivity contribution in [1.29, 1.82) is 0 Å². The van der Waals surface area contributed by atoms with E-state index in [4.69, 9.17) is 4.42 Å². The van der Waals surface area contributed by atoms with E-state index < -0.39 is 12.0 Å². The summed E-state index contributed by atoms with van der Waals surface area (Å²) in [6.45, 7) is -0.381. The number of hydrogen-bond donors (Lipinski definition) is 2. The van der Waals surface area contributed by atoms with E-state index in [1.807, 2.05) is 16.8 Å². The number of aliphatic hydroxyl groups is 1. The Hall–Kier alpha value is -2.45. The summed E-state index contributed by atoms with van der Waals surface area (Å²) in [6.07, 6.45) is -0.717. The lowest BCUT2D eigenvalue weighted by Gasteiger charge is -2.14. The van der Waals surface area contributed by atoms with E-state index in [1.54, 1.807) is 23.5 Å². The van der Waals surface area contributed by atoms with E-state index in [2.05, 4.69) is 5.32 Å². The second kappa shape index (κ2) is 6.98. The molecule has 3 heterocycles. The van der Waals surface area contributed by atoms with E-state index in [0.717, 1.165) is 10.5 Å². The van der Waals surface area contributed by atoms with Gasteiger partial charge in [0.2, 0.25) is 17.7 Å². The average Bonchev–Trinajstić information content (AvgIpc) is 3.29. The van der Waals surface area contributed by atoms with Crippen molar-refractivity contribution >= 4 is 29.1 Å². The van der Waals surface area contributed by atoms with E-state index in [9.17, 15) is 19.5 Å². The lowest BCUT2D eigenvalue weighted by molar-refractivity contribution is -0.142. The quantitative estimate of drug-likeness (QED) is 0.767. The maximum absolute atomic E-state index is 11.8. The van der Waals surface area contributed by atoms with Crippen molar-refractivity contribution in [2.45, 2.75) is 18.9 Å². The summed E-state index contributed by atoms with van der Waals surface area (Å²) in [5.41, 5.74) is 0.925. The van der Waals surface area contributed by atoms with E-state index in [-0.39, 0.29) is 37.7 Å². The summed E-state index contributed by atoms with van der Waals surface area (Å²) in [4.78, 5) is 35.7. The maximum Gasteiger partial charge on any atom is 0.240 e. The van der Waals surface area contributed by atoms with Crippen molar-refractivity contribution in [3.8, 4) is 11.3 Å². The fourth-order valence-electron chi connectivity index (χ4n) is 2.40. The number of thiophene rings is 1. The molecule has 0 aliphatic carbocycles. The van der Waals surface area contributed by atoms with Gasteiger partial charge in [-0.2, -0.15) is 11.3 Å². The molecule has 0 spiro atoms. The van der Waals surface area contributed by atoms with Gasteiger partial charge in [-0.25, -0.2) is 0 Å². The molecular formula is C16H16N2O5S. The van der Waals surface area contributed by atoms with Gasteiger partial charge in [0.1, 0.15) is 24.2 Å². The van der Waals surface area contributed by atoms with Crippen LogP contribution in [0.5, 0.6) is 0 Å². The molecule has 8 heteroatoms. The first-order chi connectivity index (χ1) is 11.5. The zero-order chi connectivity index (χ0) is 17.1. The van der Waals surface area contributed by atoms with Gasteiger partial charge in [-0.3, -0.25) is 19.3 Å². The molecule has 7 nitrogen and oxygen atoms in total. The molecule has 3 amide bonds. The van der Waals surface area contributed by atoms with Gasteiger partial charge in [0, 0.05) is 23.8 Å². The van der Waals surface area contributed by atoms with Crippen LogP contribution in [0.15, 0.2) is 33.4 Å². The van der Waals surface area contributed by atoms with Gasteiger partial charge in [0.05, 0.1) is 6.54 Å². The number of furan rings is 1. The normalized spacial score (nSPS) is 15.8. The van der Waals surface area contributed by atoms with E-state index >= 15 is 0 Å². The minimum Gasteiger partial charge on any atom is -0.458 e. The molecule has 1 aliphatic rings. The molecule has 2 N–H and O–H groups in total. The minimum absolute atomic E-state index is 0.0638. The highest BCUT2D eigenvalue weighted by molar-refractivity contribution is 7.08. The summed E-state index contributed by atoms with van der Waals surface area (Å²) >= 11 is 1.54. The molecule has 2 aromatic heterocycles. The summed E-state index contributed by atoms with van der Waals surface area (Å²) < 4.78 is 5.58. The fraction of sp³-hybridized carbons (Fsp3) is 0.312. The number of aliphatic hydroxyl groups excluding tert-OH is 1. The molecule has 1 fully saturated rings. The molecule has 0 unspecified atom stereocenters. The first-order valence-corrected chi connectivity index (χ1v) is 8.39. The number of imide groups is 1. The Morgan fingerprint density at radius 1 is 1.29 bits per heavy atom. The summed E-state index contributed by atoms with van der Waals surface area (Å²) in [6, 6.07) is 5.31. The molecule has 1 atom stereocenters. The first-order valence-electron chi connectivity index (χ1n) is 7.45. The van der Waals surface area contributed by atoms with Gasteiger partial charge in [-0.05, 0) is 23.6 Å². The predicted octanol–water partition coefficient (Wildman–Crippen LogP) is 1.31. The number of carbonyl (C=O) groups excluding carboxylic acids is 3. The van der Waals surface area contributed by atoms with Crippen LogP contribution in [0.3, 0.4) is 0 Å². The van der Waals surface area contributed by atoms with Crippen LogP contribution in [0, 0.1) is 0 Å². The van der Waals surface area contributed by atoms with Crippen LogP contribution >= 0.6 is 11.3 Å². The predicted molar refractivity (Wildman–Crippen MR) is 85.9 cm³/mol. The number of nitrogens with one attached hydrogen (secondary N) is 1. The van der Waals surface area contributed by atoms with Crippen LogP contribution in [-0.4, -0.2) is 40.8 Å². The third-order valence-electron chi connectivity index (χ3n) is 3.71. The fourth-order valence-corrected chi connectivity index (χ4v) is 3.05. The topological polar surface area (TPSA) is 99.9 Å². The van der Waals surface area contributed by atoms with Gasteiger partial charge >= 0.3 is 0 Å². The molecule has 0 saturated carbocycles. The second-order valence-electron chi connectivity index (χ2n) is 5.41. The van der Waals surface area contributed by atoms with Gasteiger partial charge < -0.3 is 14.8 Å². The highest BCUT2D eigenvalue weighted by Crippen LogP contribution is 2.26. The van der Waals surface area contributed by atoms with Gasteiger partial charge in [-0.15, -0.1) is 0 Å². The largest absolute Gasteiger partial charge is 0.458 e.